The Bertz CT molecular complexity index is 402. The molecule has 0 aromatic rings. The zero-order valence-electron chi connectivity index (χ0n) is 12.8. The number of alkyl halides is 1. The number of amides is 1. The number of hydrogen-bond donors (Lipinski definition) is 1. The Balaban J connectivity index is 2.86. The van der Waals surface area contributed by atoms with Crippen molar-refractivity contribution in [3.05, 3.63) is 0 Å². The fourth-order valence-electron chi connectivity index (χ4n) is 2.19. The van der Waals surface area contributed by atoms with Gasteiger partial charge in [-0.25, -0.2) is 9.18 Å². The topological polar surface area (TPSA) is 66.8 Å². The van der Waals surface area contributed by atoms with E-state index in [1.807, 2.05) is 0 Å². The van der Waals surface area contributed by atoms with Crippen LogP contribution in [0.4, 0.5) is 9.18 Å². The maximum Gasteiger partial charge on any atom is 0.410 e. The molecule has 1 amide bonds. The quantitative estimate of drug-likeness (QED) is 0.849. The largest absolute Gasteiger partial charge is 0.481 e. The molecule has 1 saturated heterocycles. The van der Waals surface area contributed by atoms with Crippen molar-refractivity contribution in [3.63, 3.8) is 0 Å². The number of aliphatic carboxylic acids is 1. The number of carbonyl (C=O) groups is 2. The van der Waals surface area contributed by atoms with Crippen molar-refractivity contribution in [2.45, 2.75) is 58.7 Å². The van der Waals surface area contributed by atoms with Crippen LogP contribution in [0.2, 0.25) is 0 Å². The third kappa shape index (κ3) is 3.41. The average Bonchev–Trinajstić information content (AvgIpc) is 2.26. The van der Waals surface area contributed by atoms with Gasteiger partial charge in [0, 0.05) is 6.54 Å². The minimum Gasteiger partial charge on any atom is -0.481 e. The zero-order valence-corrected chi connectivity index (χ0v) is 12.8. The Morgan fingerprint density at radius 1 is 1.25 bits per heavy atom. The number of piperidine rings is 1. The summed E-state index contributed by atoms with van der Waals surface area (Å²) in [4.78, 5) is 24.5. The van der Waals surface area contributed by atoms with E-state index < -0.39 is 28.7 Å². The normalized spacial score (nSPS) is 24.4. The van der Waals surface area contributed by atoms with E-state index in [1.54, 1.807) is 20.8 Å². The van der Waals surface area contributed by atoms with Crippen LogP contribution in [0.5, 0.6) is 0 Å². The van der Waals surface area contributed by atoms with E-state index in [0.717, 1.165) is 0 Å². The molecule has 1 atom stereocenters. The molecule has 20 heavy (non-hydrogen) atoms. The first-order valence-corrected chi connectivity index (χ1v) is 6.79. The van der Waals surface area contributed by atoms with E-state index in [1.165, 1.54) is 18.7 Å². The van der Waals surface area contributed by atoms with E-state index in [-0.39, 0.29) is 13.0 Å². The fraction of sp³-hybridized carbons (Fsp3) is 0.857. The Hall–Kier alpha value is -1.33. The first-order chi connectivity index (χ1) is 8.89. The van der Waals surface area contributed by atoms with E-state index in [9.17, 15) is 14.7 Å². The molecule has 0 spiro atoms. The number of carboxylic acid groups (broad SMARTS) is 1. The van der Waals surface area contributed by atoms with Gasteiger partial charge < -0.3 is 14.7 Å². The SMILES string of the molecule is CC(C)(C)OC(=O)N1CCCC(F)(C(C)(C)C(=O)O)C1. The maximum atomic E-state index is 15.0. The minimum atomic E-state index is -1.95. The van der Waals surface area contributed by atoms with Gasteiger partial charge >= 0.3 is 12.1 Å². The molecule has 0 radical (unpaired) electrons. The first kappa shape index (κ1) is 16.7. The number of rotatable bonds is 2. The Morgan fingerprint density at radius 3 is 2.25 bits per heavy atom. The molecule has 1 unspecified atom stereocenters. The summed E-state index contributed by atoms with van der Waals surface area (Å²) in [5.41, 5.74) is -4.16. The van der Waals surface area contributed by atoms with Crippen LogP contribution in [0.15, 0.2) is 0 Å². The second kappa shape index (κ2) is 5.22. The molecule has 1 fully saturated rings. The van der Waals surface area contributed by atoms with Crippen molar-refractivity contribution in [2.75, 3.05) is 13.1 Å². The molecular formula is C14H24FNO4. The average molecular weight is 289 g/mol. The lowest BCUT2D eigenvalue weighted by Gasteiger charge is -2.44. The summed E-state index contributed by atoms with van der Waals surface area (Å²) in [6.45, 7) is 8.05. The summed E-state index contributed by atoms with van der Waals surface area (Å²) in [6.07, 6.45) is -0.0432. The molecular weight excluding hydrogens is 265 g/mol. The highest BCUT2D eigenvalue weighted by Crippen LogP contribution is 2.41. The van der Waals surface area contributed by atoms with Crippen molar-refractivity contribution in [1.29, 1.82) is 0 Å². The predicted octanol–water partition coefficient (Wildman–Crippen LogP) is 2.84. The molecule has 1 heterocycles. The van der Waals surface area contributed by atoms with E-state index in [4.69, 9.17) is 4.74 Å². The number of ether oxygens (including phenoxy) is 1. The second-order valence-corrected chi connectivity index (χ2v) is 6.90. The monoisotopic (exact) mass is 289 g/mol. The van der Waals surface area contributed by atoms with Crippen LogP contribution in [-0.4, -0.2) is 46.4 Å². The van der Waals surface area contributed by atoms with Gasteiger partial charge in [0.25, 0.3) is 0 Å². The van der Waals surface area contributed by atoms with Crippen LogP contribution in [-0.2, 0) is 9.53 Å². The van der Waals surface area contributed by atoms with Crippen molar-refractivity contribution in [2.24, 2.45) is 5.41 Å². The molecule has 0 aliphatic carbocycles. The fourth-order valence-corrected chi connectivity index (χ4v) is 2.19. The van der Waals surface area contributed by atoms with Gasteiger partial charge in [-0.1, -0.05) is 0 Å². The van der Waals surface area contributed by atoms with Gasteiger partial charge in [0.1, 0.15) is 11.3 Å². The van der Waals surface area contributed by atoms with E-state index >= 15 is 4.39 Å². The van der Waals surface area contributed by atoms with Crippen molar-refractivity contribution >= 4 is 12.1 Å². The first-order valence-electron chi connectivity index (χ1n) is 6.79. The zero-order chi connectivity index (χ0) is 15.8. The summed E-state index contributed by atoms with van der Waals surface area (Å²) in [7, 11) is 0. The highest BCUT2D eigenvalue weighted by atomic mass is 19.1. The van der Waals surface area contributed by atoms with E-state index in [0.29, 0.717) is 13.0 Å². The number of carbonyl (C=O) groups excluding carboxylic acids is 1. The van der Waals surface area contributed by atoms with Crippen LogP contribution >= 0.6 is 0 Å². The molecule has 0 aromatic heterocycles. The van der Waals surface area contributed by atoms with Crippen LogP contribution in [0.25, 0.3) is 0 Å². The van der Waals surface area contributed by atoms with Crippen LogP contribution in [0.3, 0.4) is 0 Å². The number of halogens is 1. The van der Waals surface area contributed by atoms with Crippen LogP contribution in [0, 0.1) is 5.41 Å². The van der Waals surface area contributed by atoms with Gasteiger partial charge in [0.2, 0.25) is 0 Å². The van der Waals surface area contributed by atoms with Crippen molar-refractivity contribution < 1.29 is 23.8 Å². The predicted molar refractivity (Wildman–Crippen MR) is 72.3 cm³/mol. The lowest BCUT2D eigenvalue weighted by atomic mass is 9.72. The lowest BCUT2D eigenvalue weighted by molar-refractivity contribution is -0.160. The molecule has 6 heteroatoms. The van der Waals surface area contributed by atoms with Gasteiger partial charge in [-0.2, -0.15) is 0 Å². The van der Waals surface area contributed by atoms with Gasteiger partial charge in [0.15, 0.2) is 0 Å². The maximum absolute atomic E-state index is 15.0. The highest BCUT2D eigenvalue weighted by Gasteiger charge is 2.54. The highest BCUT2D eigenvalue weighted by molar-refractivity contribution is 5.76. The molecule has 1 aliphatic rings. The summed E-state index contributed by atoms with van der Waals surface area (Å²) in [5, 5.41) is 9.20. The molecule has 1 N–H and O–H groups in total. The van der Waals surface area contributed by atoms with Gasteiger partial charge in [-0.3, -0.25) is 4.79 Å². The molecule has 0 bridgehead atoms. The van der Waals surface area contributed by atoms with E-state index in [2.05, 4.69) is 0 Å². The summed E-state index contributed by atoms with van der Waals surface area (Å²) in [5.74, 6) is -1.20. The third-order valence-electron chi connectivity index (χ3n) is 3.75. The molecule has 116 valence electrons. The molecule has 1 aliphatic heterocycles. The van der Waals surface area contributed by atoms with Crippen LogP contribution in [0.1, 0.15) is 47.5 Å². The van der Waals surface area contributed by atoms with Gasteiger partial charge in [-0.05, 0) is 47.5 Å². The number of likely N-dealkylation sites (tertiary alicyclic amines) is 1. The van der Waals surface area contributed by atoms with Crippen molar-refractivity contribution in [3.8, 4) is 0 Å². The summed E-state index contributed by atoms with van der Waals surface area (Å²) < 4.78 is 20.2. The number of hydrogen-bond acceptors (Lipinski definition) is 3. The van der Waals surface area contributed by atoms with Gasteiger partial charge in [-0.15, -0.1) is 0 Å². The Kier molecular flexibility index (Phi) is 4.36. The van der Waals surface area contributed by atoms with Crippen LogP contribution < -0.4 is 0 Å². The lowest BCUT2D eigenvalue weighted by Crippen LogP contribution is -2.58. The summed E-state index contributed by atoms with van der Waals surface area (Å²) >= 11 is 0. The molecule has 0 saturated carbocycles. The standard InChI is InChI=1S/C14H24FNO4/c1-12(2,3)20-11(19)16-8-6-7-14(15,9-16)13(4,5)10(17)18/h6-9H2,1-5H3,(H,17,18). The Morgan fingerprint density at radius 2 is 1.80 bits per heavy atom. The number of nitrogens with zero attached hydrogens (tertiary/aromatic N) is 1. The molecule has 1 rings (SSSR count). The number of carboxylic acids is 1. The second-order valence-electron chi connectivity index (χ2n) is 6.90. The smallest absolute Gasteiger partial charge is 0.410 e. The third-order valence-corrected chi connectivity index (χ3v) is 3.75. The summed E-state index contributed by atoms with van der Waals surface area (Å²) in [6, 6.07) is 0. The molecule has 0 aromatic carbocycles. The van der Waals surface area contributed by atoms with Gasteiger partial charge in [0.05, 0.1) is 12.0 Å². The molecule has 5 nitrogen and oxygen atoms in total. The van der Waals surface area contributed by atoms with Crippen molar-refractivity contribution in [1.82, 2.24) is 4.90 Å². The Labute approximate surface area is 119 Å². The minimum absolute atomic E-state index is 0.131.